The van der Waals surface area contributed by atoms with E-state index in [4.69, 9.17) is 17.3 Å². The first kappa shape index (κ1) is 11.4. The molecule has 1 nitrogen and oxygen atoms in total. The number of anilines is 1. The second kappa shape index (κ2) is 4.44. The van der Waals surface area contributed by atoms with Crippen LogP contribution in [0.25, 0.3) is 11.1 Å². The molecule has 2 aromatic carbocycles. The Kier molecular flexibility index (Phi) is 3.17. The highest BCUT2D eigenvalue weighted by Gasteiger charge is 2.08. The predicted molar refractivity (Wildman–Crippen MR) is 69.0 cm³/mol. The molecule has 0 saturated heterocycles. The first-order valence-corrected chi connectivity index (χ1v) is 5.76. The first-order chi connectivity index (χ1) is 7.59. The van der Waals surface area contributed by atoms with Crippen molar-refractivity contribution in [3.05, 3.63) is 51.7 Å². The van der Waals surface area contributed by atoms with E-state index in [-0.39, 0.29) is 5.82 Å². The highest BCUT2D eigenvalue weighted by atomic mass is 79.9. The van der Waals surface area contributed by atoms with Crippen LogP contribution in [0.3, 0.4) is 0 Å². The van der Waals surface area contributed by atoms with E-state index in [2.05, 4.69) is 15.9 Å². The number of hydrogen-bond donors (Lipinski definition) is 1. The van der Waals surface area contributed by atoms with Crippen molar-refractivity contribution in [1.82, 2.24) is 0 Å². The largest absolute Gasteiger partial charge is 0.398 e. The maximum Gasteiger partial charge on any atom is 0.145 e. The van der Waals surface area contributed by atoms with Gasteiger partial charge >= 0.3 is 0 Å². The zero-order chi connectivity index (χ0) is 11.7. The van der Waals surface area contributed by atoms with E-state index in [0.717, 1.165) is 0 Å². The minimum atomic E-state index is -0.302. The monoisotopic (exact) mass is 299 g/mol. The molecule has 0 aliphatic heterocycles. The third-order valence-electron chi connectivity index (χ3n) is 2.26. The Balaban J connectivity index is 2.59. The summed E-state index contributed by atoms with van der Waals surface area (Å²) in [4.78, 5) is 0. The first-order valence-electron chi connectivity index (χ1n) is 4.59. The van der Waals surface area contributed by atoms with Crippen LogP contribution in [0.1, 0.15) is 0 Å². The molecule has 0 aliphatic carbocycles. The molecule has 82 valence electrons. The Morgan fingerprint density at radius 1 is 1.19 bits per heavy atom. The van der Waals surface area contributed by atoms with Crippen LogP contribution >= 0.6 is 27.5 Å². The topological polar surface area (TPSA) is 26.0 Å². The lowest BCUT2D eigenvalue weighted by Crippen LogP contribution is -1.90. The molecule has 0 saturated carbocycles. The van der Waals surface area contributed by atoms with E-state index in [0.29, 0.717) is 26.3 Å². The molecular formula is C12H8BrClFN. The Labute approximate surface area is 106 Å². The van der Waals surface area contributed by atoms with E-state index in [1.165, 1.54) is 0 Å². The molecule has 0 fully saturated rings. The van der Waals surface area contributed by atoms with Gasteiger partial charge in [-0.2, -0.15) is 0 Å². The molecule has 4 heteroatoms. The van der Waals surface area contributed by atoms with Crippen molar-refractivity contribution in [2.24, 2.45) is 0 Å². The van der Waals surface area contributed by atoms with Gasteiger partial charge in [0, 0.05) is 5.56 Å². The van der Waals surface area contributed by atoms with Crippen LogP contribution in [0, 0.1) is 5.82 Å². The van der Waals surface area contributed by atoms with Crippen LogP contribution in [0.5, 0.6) is 0 Å². The molecule has 0 heterocycles. The van der Waals surface area contributed by atoms with Crippen LogP contribution in [0.2, 0.25) is 5.02 Å². The quantitative estimate of drug-likeness (QED) is 0.772. The average molecular weight is 301 g/mol. The zero-order valence-corrected chi connectivity index (χ0v) is 10.5. The molecule has 2 aromatic rings. The molecule has 16 heavy (non-hydrogen) atoms. The summed E-state index contributed by atoms with van der Waals surface area (Å²) in [7, 11) is 0. The summed E-state index contributed by atoms with van der Waals surface area (Å²) in [6, 6.07) is 10.2. The third kappa shape index (κ3) is 2.06. The van der Waals surface area contributed by atoms with Gasteiger partial charge in [-0.3, -0.25) is 0 Å². The molecular weight excluding hydrogens is 292 g/mol. The van der Waals surface area contributed by atoms with Gasteiger partial charge in [0.1, 0.15) is 5.82 Å². The number of halogens is 3. The van der Waals surface area contributed by atoms with Crippen molar-refractivity contribution < 1.29 is 4.39 Å². The summed E-state index contributed by atoms with van der Waals surface area (Å²) >= 11 is 8.96. The van der Waals surface area contributed by atoms with Crippen LogP contribution < -0.4 is 5.73 Å². The van der Waals surface area contributed by atoms with Crippen LogP contribution in [0.4, 0.5) is 10.1 Å². The lowest BCUT2D eigenvalue weighted by atomic mass is 10.0. The lowest BCUT2D eigenvalue weighted by Gasteiger charge is -2.06. The Morgan fingerprint density at radius 2 is 1.94 bits per heavy atom. The number of rotatable bonds is 1. The molecule has 0 radical (unpaired) electrons. The molecule has 0 bridgehead atoms. The van der Waals surface area contributed by atoms with E-state index >= 15 is 0 Å². The normalized spacial score (nSPS) is 10.4. The van der Waals surface area contributed by atoms with Gasteiger partial charge in [0.25, 0.3) is 0 Å². The van der Waals surface area contributed by atoms with E-state index in [1.807, 2.05) is 0 Å². The molecule has 0 aromatic heterocycles. The molecule has 0 unspecified atom stereocenters. The summed E-state index contributed by atoms with van der Waals surface area (Å²) in [5, 5.41) is 0.471. The summed E-state index contributed by atoms with van der Waals surface area (Å²) in [6.45, 7) is 0. The fourth-order valence-electron chi connectivity index (χ4n) is 1.44. The molecule has 0 aliphatic rings. The zero-order valence-electron chi connectivity index (χ0n) is 8.18. The molecule has 2 rings (SSSR count). The fraction of sp³-hybridized carbons (Fsp3) is 0. The second-order valence-electron chi connectivity index (χ2n) is 3.34. The highest BCUT2D eigenvalue weighted by Crippen LogP contribution is 2.31. The third-order valence-corrected chi connectivity index (χ3v) is 3.22. The Bertz CT molecular complexity index is 543. The van der Waals surface area contributed by atoms with E-state index in [1.54, 1.807) is 36.4 Å². The fourth-order valence-corrected chi connectivity index (χ4v) is 1.92. The van der Waals surface area contributed by atoms with Crippen molar-refractivity contribution in [2.75, 3.05) is 5.73 Å². The van der Waals surface area contributed by atoms with Crippen LogP contribution in [0.15, 0.2) is 40.9 Å². The van der Waals surface area contributed by atoms with Gasteiger partial charge in [0.2, 0.25) is 0 Å². The summed E-state index contributed by atoms with van der Waals surface area (Å²) in [6.07, 6.45) is 0. The molecule has 2 N–H and O–H groups in total. The van der Waals surface area contributed by atoms with Crippen molar-refractivity contribution in [1.29, 1.82) is 0 Å². The molecule has 0 amide bonds. The molecule has 0 atom stereocenters. The van der Waals surface area contributed by atoms with Gasteiger partial charge in [0.15, 0.2) is 0 Å². The lowest BCUT2D eigenvalue weighted by molar-refractivity contribution is 0.625. The van der Waals surface area contributed by atoms with Gasteiger partial charge in [0.05, 0.1) is 15.2 Å². The maximum atomic E-state index is 13.8. The van der Waals surface area contributed by atoms with Gasteiger partial charge in [-0.05, 0) is 39.7 Å². The number of hydrogen-bond acceptors (Lipinski definition) is 1. The van der Waals surface area contributed by atoms with Gasteiger partial charge < -0.3 is 5.73 Å². The predicted octanol–water partition coefficient (Wildman–Crippen LogP) is 4.49. The smallest absolute Gasteiger partial charge is 0.145 e. The van der Waals surface area contributed by atoms with Crippen molar-refractivity contribution in [3.63, 3.8) is 0 Å². The summed E-state index contributed by atoms with van der Waals surface area (Å²) in [5.41, 5.74) is 7.33. The minimum Gasteiger partial charge on any atom is -0.398 e. The Morgan fingerprint density at radius 3 is 2.62 bits per heavy atom. The van der Waals surface area contributed by atoms with Crippen molar-refractivity contribution in [2.45, 2.75) is 0 Å². The van der Waals surface area contributed by atoms with Crippen LogP contribution in [-0.4, -0.2) is 0 Å². The van der Waals surface area contributed by atoms with Crippen molar-refractivity contribution >= 4 is 33.2 Å². The van der Waals surface area contributed by atoms with E-state index in [9.17, 15) is 4.39 Å². The van der Waals surface area contributed by atoms with Gasteiger partial charge in [-0.15, -0.1) is 0 Å². The van der Waals surface area contributed by atoms with Gasteiger partial charge in [-0.25, -0.2) is 4.39 Å². The standard InChI is InChI=1S/C12H8BrClFN/c13-9-3-1-2-8(12(9)15)7-4-5-10(14)11(16)6-7/h1-6H,16H2. The summed E-state index contributed by atoms with van der Waals surface area (Å²) in [5.74, 6) is -0.302. The van der Waals surface area contributed by atoms with Gasteiger partial charge in [-0.1, -0.05) is 29.8 Å². The Hall–Kier alpha value is -1.06. The SMILES string of the molecule is Nc1cc(-c2cccc(Br)c2F)ccc1Cl. The van der Waals surface area contributed by atoms with Crippen LogP contribution in [-0.2, 0) is 0 Å². The number of benzene rings is 2. The number of nitrogen functional groups attached to an aromatic ring is 1. The minimum absolute atomic E-state index is 0.302. The van der Waals surface area contributed by atoms with E-state index < -0.39 is 0 Å². The van der Waals surface area contributed by atoms with Crippen molar-refractivity contribution in [3.8, 4) is 11.1 Å². The molecule has 0 spiro atoms. The summed E-state index contributed by atoms with van der Waals surface area (Å²) < 4.78 is 14.2. The second-order valence-corrected chi connectivity index (χ2v) is 4.60. The maximum absolute atomic E-state index is 13.8. The average Bonchev–Trinajstić information content (AvgIpc) is 2.26. The highest BCUT2D eigenvalue weighted by molar-refractivity contribution is 9.10. The number of nitrogens with two attached hydrogens (primary N) is 1.